The van der Waals surface area contributed by atoms with Gasteiger partial charge in [0.2, 0.25) is 5.95 Å². The van der Waals surface area contributed by atoms with Gasteiger partial charge in [-0.05, 0) is 44.3 Å². The van der Waals surface area contributed by atoms with Gasteiger partial charge < -0.3 is 19.3 Å². The average molecular weight is 318 g/mol. The molecular formula is C17H26N4O2. The van der Waals surface area contributed by atoms with Crippen LogP contribution < -0.4 is 4.90 Å². The standard InChI is InChI=1S/C17H26N4O2/c1-2-7-20(6-1)11-15-10-17(23-12-15)13-21(8-9-22-14-17)16-18-4-3-5-19-16/h3-5,15H,1-2,6-14H2. The van der Waals surface area contributed by atoms with Crippen molar-refractivity contribution in [2.75, 3.05) is 57.4 Å². The Morgan fingerprint density at radius 2 is 2.00 bits per heavy atom. The van der Waals surface area contributed by atoms with Gasteiger partial charge in [-0.2, -0.15) is 0 Å². The van der Waals surface area contributed by atoms with E-state index in [-0.39, 0.29) is 5.60 Å². The fourth-order valence-corrected chi connectivity index (χ4v) is 4.13. The van der Waals surface area contributed by atoms with E-state index in [1.807, 2.05) is 6.07 Å². The van der Waals surface area contributed by atoms with Gasteiger partial charge in [0.25, 0.3) is 0 Å². The zero-order valence-corrected chi connectivity index (χ0v) is 13.7. The van der Waals surface area contributed by atoms with E-state index in [0.717, 1.165) is 32.1 Å². The molecule has 0 radical (unpaired) electrons. The molecule has 3 fully saturated rings. The zero-order valence-electron chi connectivity index (χ0n) is 13.7. The molecule has 126 valence electrons. The highest BCUT2D eigenvalue weighted by Crippen LogP contribution is 2.34. The summed E-state index contributed by atoms with van der Waals surface area (Å²) in [6.45, 7) is 7.58. The lowest BCUT2D eigenvalue weighted by Crippen LogP contribution is -2.45. The van der Waals surface area contributed by atoms with Crippen LogP contribution in [-0.4, -0.2) is 73.0 Å². The lowest BCUT2D eigenvalue weighted by atomic mass is 9.94. The van der Waals surface area contributed by atoms with Gasteiger partial charge in [-0.1, -0.05) is 0 Å². The smallest absolute Gasteiger partial charge is 0.225 e. The first-order chi connectivity index (χ1) is 11.3. The van der Waals surface area contributed by atoms with Crippen LogP contribution in [0.2, 0.25) is 0 Å². The summed E-state index contributed by atoms with van der Waals surface area (Å²) in [6.07, 6.45) is 7.37. The summed E-state index contributed by atoms with van der Waals surface area (Å²) < 4.78 is 12.2. The van der Waals surface area contributed by atoms with Gasteiger partial charge in [0.05, 0.1) is 26.4 Å². The second-order valence-corrected chi connectivity index (χ2v) is 7.09. The lowest BCUT2D eigenvalue weighted by Gasteiger charge is -2.31. The Hall–Kier alpha value is -1.24. The maximum absolute atomic E-state index is 6.29. The molecule has 1 aromatic rings. The van der Waals surface area contributed by atoms with Gasteiger partial charge in [0.15, 0.2) is 0 Å². The van der Waals surface area contributed by atoms with Crippen LogP contribution in [-0.2, 0) is 9.47 Å². The van der Waals surface area contributed by atoms with Crippen molar-refractivity contribution in [3.05, 3.63) is 18.5 Å². The average Bonchev–Trinajstić information content (AvgIpc) is 3.17. The number of ether oxygens (including phenoxy) is 2. The maximum atomic E-state index is 6.29. The van der Waals surface area contributed by atoms with Gasteiger partial charge in [0.1, 0.15) is 5.60 Å². The molecule has 0 aromatic carbocycles. The fourth-order valence-electron chi connectivity index (χ4n) is 4.13. The third-order valence-electron chi connectivity index (χ3n) is 5.19. The van der Waals surface area contributed by atoms with Crippen molar-refractivity contribution in [2.24, 2.45) is 5.92 Å². The van der Waals surface area contributed by atoms with E-state index in [1.54, 1.807) is 12.4 Å². The molecule has 4 heterocycles. The minimum atomic E-state index is -0.194. The molecule has 3 saturated heterocycles. The van der Waals surface area contributed by atoms with E-state index >= 15 is 0 Å². The lowest BCUT2D eigenvalue weighted by molar-refractivity contribution is -0.0458. The molecule has 6 nitrogen and oxygen atoms in total. The van der Waals surface area contributed by atoms with Crippen molar-refractivity contribution >= 4 is 5.95 Å². The molecule has 1 aromatic heterocycles. The van der Waals surface area contributed by atoms with Crippen LogP contribution in [0.25, 0.3) is 0 Å². The van der Waals surface area contributed by atoms with Gasteiger partial charge in [-0.25, -0.2) is 9.97 Å². The molecule has 0 N–H and O–H groups in total. The van der Waals surface area contributed by atoms with Crippen LogP contribution in [0.15, 0.2) is 18.5 Å². The van der Waals surface area contributed by atoms with E-state index in [9.17, 15) is 0 Å². The summed E-state index contributed by atoms with van der Waals surface area (Å²) in [5.41, 5.74) is -0.194. The first-order valence-electron chi connectivity index (χ1n) is 8.79. The van der Waals surface area contributed by atoms with E-state index in [2.05, 4.69) is 19.8 Å². The molecule has 0 bridgehead atoms. The molecule has 2 unspecified atom stereocenters. The Labute approximate surface area is 137 Å². The first-order valence-corrected chi connectivity index (χ1v) is 8.79. The SMILES string of the molecule is c1cnc(N2CCOCC3(CC(CN4CCCC4)CO3)C2)nc1. The Morgan fingerprint density at radius 1 is 1.17 bits per heavy atom. The number of nitrogens with zero attached hydrogens (tertiary/aromatic N) is 4. The van der Waals surface area contributed by atoms with Crippen LogP contribution in [0.3, 0.4) is 0 Å². The monoisotopic (exact) mass is 318 g/mol. The quantitative estimate of drug-likeness (QED) is 0.834. The summed E-state index contributed by atoms with van der Waals surface area (Å²) in [6, 6.07) is 1.85. The number of rotatable bonds is 3. The minimum Gasteiger partial charge on any atom is -0.377 e. The highest BCUT2D eigenvalue weighted by Gasteiger charge is 2.44. The summed E-state index contributed by atoms with van der Waals surface area (Å²) in [7, 11) is 0. The Bertz CT molecular complexity index is 509. The number of anilines is 1. The third-order valence-corrected chi connectivity index (χ3v) is 5.19. The van der Waals surface area contributed by atoms with Crippen LogP contribution in [0, 0.1) is 5.92 Å². The third kappa shape index (κ3) is 3.49. The molecule has 0 saturated carbocycles. The van der Waals surface area contributed by atoms with Crippen molar-refractivity contribution in [3.63, 3.8) is 0 Å². The molecule has 2 atom stereocenters. The number of likely N-dealkylation sites (tertiary alicyclic amines) is 1. The normalized spacial score (nSPS) is 32.5. The minimum absolute atomic E-state index is 0.194. The summed E-state index contributed by atoms with van der Waals surface area (Å²) >= 11 is 0. The van der Waals surface area contributed by atoms with Crippen LogP contribution in [0.5, 0.6) is 0 Å². The predicted octanol–water partition coefficient (Wildman–Crippen LogP) is 1.18. The second kappa shape index (κ2) is 6.71. The van der Waals surface area contributed by atoms with E-state index in [0.29, 0.717) is 19.1 Å². The molecule has 4 rings (SSSR count). The summed E-state index contributed by atoms with van der Waals surface area (Å²) in [5, 5.41) is 0. The highest BCUT2D eigenvalue weighted by molar-refractivity contribution is 5.30. The van der Waals surface area contributed by atoms with Crippen molar-refractivity contribution < 1.29 is 9.47 Å². The van der Waals surface area contributed by atoms with Gasteiger partial charge in [0, 0.05) is 25.5 Å². The van der Waals surface area contributed by atoms with Crippen molar-refractivity contribution in [3.8, 4) is 0 Å². The van der Waals surface area contributed by atoms with Crippen molar-refractivity contribution in [2.45, 2.75) is 24.9 Å². The Morgan fingerprint density at radius 3 is 2.83 bits per heavy atom. The van der Waals surface area contributed by atoms with Gasteiger partial charge in [-0.3, -0.25) is 0 Å². The number of hydrogen-bond acceptors (Lipinski definition) is 6. The predicted molar refractivity (Wildman–Crippen MR) is 87.5 cm³/mol. The molecular weight excluding hydrogens is 292 g/mol. The molecule has 3 aliphatic heterocycles. The van der Waals surface area contributed by atoms with E-state index in [4.69, 9.17) is 9.47 Å². The molecule has 0 amide bonds. The van der Waals surface area contributed by atoms with Crippen LogP contribution in [0.4, 0.5) is 5.95 Å². The van der Waals surface area contributed by atoms with Gasteiger partial charge in [-0.15, -0.1) is 0 Å². The summed E-state index contributed by atoms with van der Waals surface area (Å²) in [5.74, 6) is 1.40. The maximum Gasteiger partial charge on any atom is 0.225 e. The molecule has 1 spiro atoms. The van der Waals surface area contributed by atoms with Crippen LogP contribution >= 0.6 is 0 Å². The Balaban J connectivity index is 1.42. The van der Waals surface area contributed by atoms with Crippen molar-refractivity contribution in [1.82, 2.24) is 14.9 Å². The fraction of sp³-hybridized carbons (Fsp3) is 0.765. The number of aromatic nitrogens is 2. The molecule has 23 heavy (non-hydrogen) atoms. The largest absolute Gasteiger partial charge is 0.377 e. The molecule has 0 aliphatic carbocycles. The summed E-state index contributed by atoms with van der Waals surface area (Å²) in [4.78, 5) is 13.6. The van der Waals surface area contributed by atoms with Crippen molar-refractivity contribution in [1.29, 1.82) is 0 Å². The second-order valence-electron chi connectivity index (χ2n) is 7.09. The topological polar surface area (TPSA) is 50.7 Å². The van der Waals surface area contributed by atoms with Gasteiger partial charge >= 0.3 is 0 Å². The zero-order chi connectivity index (χ0) is 15.5. The number of hydrogen-bond donors (Lipinski definition) is 0. The van der Waals surface area contributed by atoms with Crippen LogP contribution in [0.1, 0.15) is 19.3 Å². The first kappa shape index (κ1) is 15.3. The molecule has 6 heteroatoms. The highest BCUT2D eigenvalue weighted by atomic mass is 16.5. The molecule has 3 aliphatic rings. The van der Waals surface area contributed by atoms with E-state index < -0.39 is 0 Å². The van der Waals surface area contributed by atoms with E-state index in [1.165, 1.54) is 32.5 Å². The Kier molecular flexibility index (Phi) is 4.46.